The highest BCUT2D eigenvalue weighted by Gasteiger charge is 2.13. The van der Waals surface area contributed by atoms with Crippen LogP contribution in [0.3, 0.4) is 0 Å². The van der Waals surface area contributed by atoms with Gasteiger partial charge in [-0.3, -0.25) is 9.59 Å². The first-order valence-corrected chi connectivity index (χ1v) is 7.61. The van der Waals surface area contributed by atoms with E-state index in [1.54, 1.807) is 17.2 Å². The zero-order valence-electron chi connectivity index (χ0n) is 13.8. The second-order valence-electron chi connectivity index (χ2n) is 5.57. The van der Waals surface area contributed by atoms with Crippen molar-refractivity contribution in [1.29, 1.82) is 0 Å². The van der Waals surface area contributed by atoms with E-state index in [-0.39, 0.29) is 18.2 Å². The first-order chi connectivity index (χ1) is 11.0. The Morgan fingerprint density at radius 1 is 1.17 bits per heavy atom. The van der Waals surface area contributed by atoms with Crippen LogP contribution in [0.25, 0.3) is 0 Å². The summed E-state index contributed by atoms with van der Waals surface area (Å²) in [5.41, 5.74) is 3.00. The van der Waals surface area contributed by atoms with Gasteiger partial charge in [-0.15, -0.1) is 0 Å². The molecule has 2 aromatic rings. The Morgan fingerprint density at radius 3 is 2.61 bits per heavy atom. The predicted octanol–water partition coefficient (Wildman–Crippen LogP) is 3.27. The van der Waals surface area contributed by atoms with Crippen molar-refractivity contribution < 1.29 is 14.0 Å². The molecule has 0 aliphatic heterocycles. The number of furan rings is 1. The van der Waals surface area contributed by atoms with Gasteiger partial charge in [0.15, 0.2) is 0 Å². The largest absolute Gasteiger partial charge is 0.467 e. The molecule has 0 saturated heterocycles. The van der Waals surface area contributed by atoms with E-state index in [1.807, 2.05) is 38.1 Å². The van der Waals surface area contributed by atoms with E-state index in [9.17, 15) is 9.59 Å². The van der Waals surface area contributed by atoms with E-state index in [2.05, 4.69) is 5.32 Å². The highest BCUT2D eigenvalue weighted by Crippen LogP contribution is 2.18. The number of hydrogen-bond acceptors (Lipinski definition) is 3. The van der Waals surface area contributed by atoms with Crippen LogP contribution in [0.15, 0.2) is 41.0 Å². The molecular weight excluding hydrogens is 292 g/mol. The van der Waals surface area contributed by atoms with Gasteiger partial charge in [0.2, 0.25) is 11.8 Å². The third-order valence-corrected chi connectivity index (χ3v) is 3.86. The van der Waals surface area contributed by atoms with Gasteiger partial charge in [-0.2, -0.15) is 0 Å². The number of anilines is 1. The number of hydrogen-bond donors (Lipinski definition) is 1. The fraction of sp³-hybridized carbons (Fsp3) is 0.333. The predicted molar refractivity (Wildman–Crippen MR) is 89.0 cm³/mol. The molecule has 0 spiro atoms. The van der Waals surface area contributed by atoms with Crippen LogP contribution in [0.5, 0.6) is 0 Å². The summed E-state index contributed by atoms with van der Waals surface area (Å²) in [5.74, 6) is 0.514. The summed E-state index contributed by atoms with van der Waals surface area (Å²) < 4.78 is 5.25. The van der Waals surface area contributed by atoms with Gasteiger partial charge in [0.25, 0.3) is 0 Å². The molecule has 2 amide bonds. The number of benzene rings is 1. The third kappa shape index (κ3) is 4.71. The van der Waals surface area contributed by atoms with Gasteiger partial charge in [-0.1, -0.05) is 12.1 Å². The molecule has 0 bridgehead atoms. The van der Waals surface area contributed by atoms with Crippen molar-refractivity contribution in [2.45, 2.75) is 33.7 Å². The summed E-state index contributed by atoms with van der Waals surface area (Å²) in [6.07, 6.45) is 1.81. The number of nitrogens with one attached hydrogen (secondary N) is 1. The Hall–Kier alpha value is -2.56. The molecule has 1 N–H and O–H groups in total. The van der Waals surface area contributed by atoms with E-state index in [1.165, 1.54) is 6.92 Å². The lowest BCUT2D eigenvalue weighted by molar-refractivity contribution is -0.130. The fourth-order valence-corrected chi connectivity index (χ4v) is 2.27. The van der Waals surface area contributed by atoms with Gasteiger partial charge >= 0.3 is 0 Å². The normalized spacial score (nSPS) is 10.4. The highest BCUT2D eigenvalue weighted by molar-refractivity contribution is 5.92. The lowest BCUT2D eigenvalue weighted by Gasteiger charge is -2.19. The lowest BCUT2D eigenvalue weighted by atomic mass is 10.1. The highest BCUT2D eigenvalue weighted by atomic mass is 16.3. The van der Waals surface area contributed by atoms with Crippen LogP contribution in [0.4, 0.5) is 5.69 Å². The molecule has 1 aromatic heterocycles. The molecule has 0 radical (unpaired) electrons. The van der Waals surface area contributed by atoms with E-state index in [4.69, 9.17) is 4.42 Å². The second-order valence-corrected chi connectivity index (χ2v) is 5.57. The molecule has 0 aliphatic carbocycles. The third-order valence-electron chi connectivity index (χ3n) is 3.86. The van der Waals surface area contributed by atoms with Crippen molar-refractivity contribution in [3.8, 4) is 0 Å². The molecule has 0 aliphatic rings. The number of carbonyl (C=O) groups excluding carboxylic acids is 2. The van der Waals surface area contributed by atoms with Gasteiger partial charge in [0.1, 0.15) is 5.76 Å². The van der Waals surface area contributed by atoms with Crippen molar-refractivity contribution in [1.82, 2.24) is 4.90 Å². The maximum absolute atomic E-state index is 12.1. The van der Waals surface area contributed by atoms with Crippen molar-refractivity contribution in [2.75, 3.05) is 11.9 Å². The molecule has 1 aromatic carbocycles. The van der Waals surface area contributed by atoms with Gasteiger partial charge in [0.05, 0.1) is 12.8 Å². The van der Waals surface area contributed by atoms with Crippen molar-refractivity contribution in [3.05, 3.63) is 53.5 Å². The number of aryl methyl sites for hydroxylation is 1. The summed E-state index contributed by atoms with van der Waals surface area (Å²) in [4.78, 5) is 25.4. The van der Waals surface area contributed by atoms with Gasteiger partial charge in [-0.05, 0) is 43.2 Å². The molecule has 122 valence electrons. The molecule has 5 heteroatoms. The fourth-order valence-electron chi connectivity index (χ4n) is 2.27. The summed E-state index contributed by atoms with van der Waals surface area (Å²) >= 11 is 0. The Labute approximate surface area is 136 Å². The maximum atomic E-state index is 12.1. The van der Waals surface area contributed by atoms with E-state index in [0.717, 1.165) is 16.8 Å². The van der Waals surface area contributed by atoms with Gasteiger partial charge in [0, 0.05) is 25.6 Å². The van der Waals surface area contributed by atoms with Crippen molar-refractivity contribution >= 4 is 17.5 Å². The van der Waals surface area contributed by atoms with Crippen LogP contribution in [-0.2, 0) is 16.1 Å². The average molecular weight is 314 g/mol. The van der Waals surface area contributed by atoms with E-state index >= 15 is 0 Å². The molecule has 0 unspecified atom stereocenters. The molecule has 1 heterocycles. The SMILES string of the molecule is CC(=O)N(CCC(=O)Nc1cccc(C)c1C)Cc1ccco1. The number of amides is 2. The molecular formula is C18H22N2O3. The zero-order chi connectivity index (χ0) is 16.8. The zero-order valence-corrected chi connectivity index (χ0v) is 13.8. The smallest absolute Gasteiger partial charge is 0.226 e. The van der Waals surface area contributed by atoms with E-state index in [0.29, 0.717) is 18.8 Å². The van der Waals surface area contributed by atoms with Crippen LogP contribution in [0.1, 0.15) is 30.2 Å². The summed E-state index contributed by atoms with van der Waals surface area (Å²) in [7, 11) is 0. The minimum Gasteiger partial charge on any atom is -0.467 e. The van der Waals surface area contributed by atoms with Gasteiger partial charge < -0.3 is 14.6 Å². The molecule has 2 rings (SSSR count). The monoisotopic (exact) mass is 314 g/mol. The summed E-state index contributed by atoms with van der Waals surface area (Å²) in [6, 6.07) is 9.39. The van der Waals surface area contributed by atoms with E-state index < -0.39 is 0 Å². The molecule has 5 nitrogen and oxygen atoms in total. The Bertz CT molecular complexity index is 678. The number of nitrogens with zero attached hydrogens (tertiary/aromatic N) is 1. The summed E-state index contributed by atoms with van der Waals surface area (Å²) in [6.45, 7) is 6.20. The summed E-state index contributed by atoms with van der Waals surface area (Å²) in [5, 5.41) is 2.90. The molecule has 23 heavy (non-hydrogen) atoms. The minimum atomic E-state index is -0.107. The Kier molecular flexibility index (Phi) is 5.57. The van der Waals surface area contributed by atoms with Crippen LogP contribution in [0.2, 0.25) is 0 Å². The quantitative estimate of drug-likeness (QED) is 0.890. The lowest BCUT2D eigenvalue weighted by Crippen LogP contribution is -2.31. The topological polar surface area (TPSA) is 62.6 Å². The van der Waals surface area contributed by atoms with Gasteiger partial charge in [-0.25, -0.2) is 0 Å². The Morgan fingerprint density at radius 2 is 1.96 bits per heavy atom. The van der Waals surface area contributed by atoms with Crippen LogP contribution in [0, 0.1) is 13.8 Å². The van der Waals surface area contributed by atoms with Crippen molar-refractivity contribution in [2.24, 2.45) is 0 Å². The molecule has 0 saturated carbocycles. The first kappa shape index (κ1) is 16.8. The maximum Gasteiger partial charge on any atom is 0.226 e. The minimum absolute atomic E-state index is 0.0825. The molecule has 0 atom stereocenters. The second kappa shape index (κ2) is 7.63. The van der Waals surface area contributed by atoms with Crippen LogP contribution >= 0.6 is 0 Å². The standard InChI is InChI=1S/C18H22N2O3/c1-13-6-4-8-17(14(13)2)19-18(22)9-10-20(15(3)21)12-16-7-5-11-23-16/h4-8,11H,9-10,12H2,1-3H3,(H,19,22). The Balaban J connectivity index is 1.91. The number of carbonyl (C=O) groups is 2. The first-order valence-electron chi connectivity index (χ1n) is 7.61. The average Bonchev–Trinajstić information content (AvgIpc) is 3.01. The molecule has 0 fully saturated rings. The number of rotatable bonds is 6. The van der Waals surface area contributed by atoms with Crippen LogP contribution < -0.4 is 5.32 Å². The van der Waals surface area contributed by atoms with Crippen LogP contribution in [-0.4, -0.2) is 23.3 Å². The van der Waals surface area contributed by atoms with Crippen molar-refractivity contribution in [3.63, 3.8) is 0 Å².